The maximum absolute atomic E-state index is 13.3. The number of hydrogen-bond donors (Lipinski definition) is 0. The highest BCUT2D eigenvalue weighted by molar-refractivity contribution is 6.36. The number of para-hydroxylation sites is 1. The molecule has 0 aliphatic rings. The molecular weight excluding hydrogens is 514 g/mol. The number of aromatic nitrogens is 2. The van der Waals surface area contributed by atoms with Crippen molar-refractivity contribution in [3.8, 4) is 22.7 Å². The maximum atomic E-state index is 13.3. The van der Waals surface area contributed by atoms with Crippen molar-refractivity contribution in [2.45, 2.75) is 6.18 Å². The first-order valence-corrected chi connectivity index (χ1v) is 11.3. The lowest BCUT2D eigenvalue weighted by atomic mass is 10.1. The zero-order valence-corrected chi connectivity index (χ0v) is 19.6. The Kier molecular flexibility index (Phi) is 6.15. The zero-order chi connectivity index (χ0) is 25.4. The van der Waals surface area contributed by atoms with Crippen molar-refractivity contribution in [2.24, 2.45) is 5.10 Å². The average Bonchev–Trinajstić information content (AvgIpc) is 3.31. The third-order valence-corrected chi connectivity index (χ3v) is 5.87. The van der Waals surface area contributed by atoms with Gasteiger partial charge in [0.05, 0.1) is 27.7 Å². The minimum atomic E-state index is -4.56. The molecule has 2 aromatic heterocycles. The Morgan fingerprint density at radius 2 is 1.75 bits per heavy atom. The van der Waals surface area contributed by atoms with Crippen LogP contribution in [0.5, 0.6) is 0 Å². The zero-order valence-electron chi connectivity index (χ0n) is 18.1. The first kappa shape index (κ1) is 23.8. The van der Waals surface area contributed by atoms with Crippen LogP contribution >= 0.6 is 23.2 Å². The monoisotopic (exact) mass is 527 g/mol. The first-order chi connectivity index (χ1) is 17.2. The van der Waals surface area contributed by atoms with Crippen molar-refractivity contribution in [1.82, 2.24) is 9.66 Å². The van der Waals surface area contributed by atoms with Gasteiger partial charge in [0.25, 0.3) is 5.56 Å². The highest BCUT2D eigenvalue weighted by atomic mass is 35.5. The van der Waals surface area contributed by atoms with E-state index < -0.39 is 17.3 Å². The van der Waals surface area contributed by atoms with Gasteiger partial charge in [-0.3, -0.25) is 4.79 Å². The maximum Gasteiger partial charge on any atom is 0.416 e. The van der Waals surface area contributed by atoms with E-state index in [0.29, 0.717) is 26.9 Å². The predicted molar refractivity (Wildman–Crippen MR) is 134 cm³/mol. The van der Waals surface area contributed by atoms with Crippen molar-refractivity contribution < 1.29 is 17.6 Å². The van der Waals surface area contributed by atoms with Gasteiger partial charge in [0.15, 0.2) is 5.82 Å². The van der Waals surface area contributed by atoms with Crippen molar-refractivity contribution >= 4 is 40.3 Å². The van der Waals surface area contributed by atoms with E-state index in [2.05, 4.69) is 10.1 Å². The average molecular weight is 528 g/mol. The van der Waals surface area contributed by atoms with Gasteiger partial charge in [0.1, 0.15) is 11.5 Å². The fourth-order valence-electron chi connectivity index (χ4n) is 3.62. The summed E-state index contributed by atoms with van der Waals surface area (Å²) in [5.41, 5.74) is -0.392. The summed E-state index contributed by atoms with van der Waals surface area (Å²) >= 11 is 12.2. The van der Waals surface area contributed by atoms with Crippen LogP contribution in [0.4, 0.5) is 13.2 Å². The van der Waals surface area contributed by atoms with Crippen LogP contribution in [0.15, 0.2) is 93.2 Å². The first-order valence-electron chi connectivity index (χ1n) is 10.5. The quantitative estimate of drug-likeness (QED) is 0.227. The van der Waals surface area contributed by atoms with Gasteiger partial charge in [-0.05, 0) is 54.6 Å². The smallest absolute Gasteiger partial charge is 0.416 e. The second-order valence-electron chi connectivity index (χ2n) is 7.72. The summed E-state index contributed by atoms with van der Waals surface area (Å²) in [6.45, 7) is 0. The fourth-order valence-corrected chi connectivity index (χ4v) is 4.12. The van der Waals surface area contributed by atoms with Crippen molar-refractivity contribution in [3.63, 3.8) is 0 Å². The van der Waals surface area contributed by atoms with E-state index in [1.807, 2.05) is 0 Å². The SMILES string of the molecule is O=c1c2ccccc2nc(-c2cccc(C(F)(F)F)c2)n1N=Cc1ccc(-c2ccc(Cl)cc2Cl)o1. The molecule has 180 valence electrons. The lowest BCUT2D eigenvalue weighted by Gasteiger charge is -2.11. The van der Waals surface area contributed by atoms with Gasteiger partial charge in [0.2, 0.25) is 0 Å². The highest BCUT2D eigenvalue weighted by Crippen LogP contribution is 2.33. The van der Waals surface area contributed by atoms with Crippen LogP contribution in [0, 0.1) is 0 Å². The topological polar surface area (TPSA) is 60.4 Å². The number of halogens is 5. The van der Waals surface area contributed by atoms with Crippen molar-refractivity contribution in [3.05, 3.63) is 111 Å². The second kappa shape index (κ2) is 9.29. The molecule has 5 aromatic rings. The lowest BCUT2D eigenvalue weighted by Crippen LogP contribution is -2.20. The van der Waals surface area contributed by atoms with Gasteiger partial charge in [-0.25, -0.2) is 4.98 Å². The lowest BCUT2D eigenvalue weighted by molar-refractivity contribution is -0.137. The van der Waals surface area contributed by atoms with Crippen LogP contribution in [0.2, 0.25) is 10.0 Å². The minimum absolute atomic E-state index is 0.0476. The van der Waals surface area contributed by atoms with Crippen LogP contribution in [0.25, 0.3) is 33.6 Å². The van der Waals surface area contributed by atoms with Crippen LogP contribution in [0.1, 0.15) is 11.3 Å². The molecule has 0 saturated carbocycles. The Hall–Kier alpha value is -3.88. The molecule has 0 unspecified atom stereocenters. The van der Waals surface area contributed by atoms with Gasteiger partial charge in [0, 0.05) is 16.1 Å². The summed E-state index contributed by atoms with van der Waals surface area (Å²) in [5.74, 6) is 0.680. The van der Waals surface area contributed by atoms with Crippen LogP contribution in [-0.4, -0.2) is 15.9 Å². The molecule has 0 radical (unpaired) electrons. The Morgan fingerprint density at radius 3 is 2.53 bits per heavy atom. The van der Waals surface area contributed by atoms with E-state index in [9.17, 15) is 18.0 Å². The molecule has 0 atom stereocenters. The molecule has 0 spiro atoms. The molecule has 0 bridgehead atoms. The molecule has 10 heteroatoms. The molecule has 0 aliphatic heterocycles. The van der Waals surface area contributed by atoms with Crippen molar-refractivity contribution in [1.29, 1.82) is 0 Å². The van der Waals surface area contributed by atoms with Gasteiger partial charge < -0.3 is 4.42 Å². The second-order valence-corrected chi connectivity index (χ2v) is 8.56. The van der Waals surface area contributed by atoms with E-state index in [4.69, 9.17) is 27.6 Å². The van der Waals surface area contributed by atoms with Gasteiger partial charge >= 0.3 is 6.18 Å². The Labute approximate surface area is 212 Å². The summed E-state index contributed by atoms with van der Waals surface area (Å²) in [5, 5.41) is 5.35. The molecule has 36 heavy (non-hydrogen) atoms. The Bertz CT molecular complexity index is 1690. The van der Waals surface area contributed by atoms with E-state index >= 15 is 0 Å². The molecule has 0 N–H and O–H groups in total. The Morgan fingerprint density at radius 1 is 0.944 bits per heavy atom. The summed E-state index contributed by atoms with van der Waals surface area (Å²) in [6.07, 6.45) is -3.28. The number of rotatable bonds is 4. The van der Waals surface area contributed by atoms with Gasteiger partial charge in [-0.1, -0.05) is 47.5 Å². The van der Waals surface area contributed by atoms with Crippen LogP contribution in [0.3, 0.4) is 0 Å². The number of hydrogen-bond acceptors (Lipinski definition) is 4. The molecule has 0 aliphatic carbocycles. The summed E-state index contributed by atoms with van der Waals surface area (Å²) in [4.78, 5) is 17.7. The number of nitrogens with zero attached hydrogens (tertiary/aromatic N) is 3. The Balaban J connectivity index is 1.61. The third kappa shape index (κ3) is 4.65. The molecule has 2 heterocycles. The van der Waals surface area contributed by atoms with E-state index in [1.165, 1.54) is 18.3 Å². The third-order valence-electron chi connectivity index (χ3n) is 5.33. The number of fused-ring (bicyclic) bond motifs is 1. The van der Waals surface area contributed by atoms with Gasteiger partial charge in [-0.15, -0.1) is 0 Å². The molecule has 0 saturated heterocycles. The number of alkyl halides is 3. The normalized spacial score (nSPS) is 12.0. The summed E-state index contributed by atoms with van der Waals surface area (Å²) in [6, 6.07) is 19.3. The highest BCUT2D eigenvalue weighted by Gasteiger charge is 2.31. The molecule has 0 fully saturated rings. The minimum Gasteiger partial charge on any atom is -0.455 e. The predicted octanol–water partition coefficient (Wildman–Crippen LogP) is 7.53. The molecule has 5 rings (SSSR count). The molecular formula is C26H14Cl2F3N3O2. The van der Waals surface area contributed by atoms with E-state index in [0.717, 1.165) is 16.8 Å². The van der Waals surface area contributed by atoms with Crippen LogP contribution in [-0.2, 0) is 6.18 Å². The molecule has 5 nitrogen and oxygen atoms in total. The summed E-state index contributed by atoms with van der Waals surface area (Å²) in [7, 11) is 0. The van der Waals surface area contributed by atoms with Crippen LogP contribution < -0.4 is 5.56 Å². The van der Waals surface area contributed by atoms with E-state index in [1.54, 1.807) is 54.6 Å². The van der Waals surface area contributed by atoms with Gasteiger partial charge in [-0.2, -0.15) is 22.9 Å². The number of furan rings is 1. The summed E-state index contributed by atoms with van der Waals surface area (Å²) < 4.78 is 46.7. The standard InChI is InChI=1S/C26H14Cl2F3N3O2/c27-17-8-10-19(21(28)13-17)23-11-9-18(36-23)14-32-34-24(15-4-3-5-16(12-15)26(29,30)31)33-22-7-2-1-6-20(22)25(34)35/h1-14H. The molecule has 0 amide bonds. The number of benzene rings is 3. The van der Waals surface area contributed by atoms with Crippen molar-refractivity contribution in [2.75, 3.05) is 0 Å². The molecule has 3 aromatic carbocycles. The fraction of sp³-hybridized carbons (Fsp3) is 0.0385. The largest absolute Gasteiger partial charge is 0.455 e. The van der Waals surface area contributed by atoms with E-state index in [-0.39, 0.29) is 22.5 Å².